The summed E-state index contributed by atoms with van der Waals surface area (Å²) in [5.74, 6) is -0.339. The Morgan fingerprint density at radius 3 is 2.31 bits per heavy atom. The molecule has 0 N–H and O–H groups in total. The standard InChI is InChI=1S/C23H18F3NO2/c1-15-11-18(17-5-3-2-4-6-17)12-19-14-27(22(28)21(15)19)13-16-7-9-20(10-8-16)29-23(24,25)26/h2-12H,13-14H2,1H3. The van der Waals surface area contributed by atoms with Gasteiger partial charge in [-0.05, 0) is 52.9 Å². The van der Waals surface area contributed by atoms with Gasteiger partial charge in [-0.25, -0.2) is 0 Å². The lowest BCUT2D eigenvalue weighted by Gasteiger charge is -2.16. The van der Waals surface area contributed by atoms with Crippen LogP contribution in [0, 0.1) is 6.92 Å². The van der Waals surface area contributed by atoms with Gasteiger partial charge in [0.2, 0.25) is 0 Å². The maximum absolute atomic E-state index is 12.9. The molecule has 3 aromatic carbocycles. The van der Waals surface area contributed by atoms with E-state index in [0.29, 0.717) is 18.7 Å². The summed E-state index contributed by atoms with van der Waals surface area (Å²) in [7, 11) is 0. The number of nitrogens with zero attached hydrogens (tertiary/aromatic N) is 1. The summed E-state index contributed by atoms with van der Waals surface area (Å²) < 4.78 is 40.8. The summed E-state index contributed by atoms with van der Waals surface area (Å²) in [5.41, 5.74) is 5.48. The summed E-state index contributed by atoms with van der Waals surface area (Å²) in [4.78, 5) is 14.6. The van der Waals surface area contributed by atoms with Crippen LogP contribution in [0.25, 0.3) is 11.1 Å². The van der Waals surface area contributed by atoms with Crippen LogP contribution in [0.1, 0.15) is 27.0 Å². The van der Waals surface area contributed by atoms with E-state index in [9.17, 15) is 18.0 Å². The number of benzene rings is 3. The molecule has 0 bridgehead atoms. The number of hydrogen-bond acceptors (Lipinski definition) is 2. The lowest BCUT2D eigenvalue weighted by molar-refractivity contribution is -0.274. The van der Waals surface area contributed by atoms with Gasteiger partial charge in [-0.15, -0.1) is 13.2 Å². The zero-order chi connectivity index (χ0) is 20.6. The first kappa shape index (κ1) is 19.1. The molecule has 0 unspecified atom stereocenters. The molecule has 0 fully saturated rings. The van der Waals surface area contributed by atoms with E-state index in [1.807, 2.05) is 49.4 Å². The predicted molar refractivity (Wildman–Crippen MR) is 103 cm³/mol. The Bertz CT molecular complexity index is 1040. The third-order valence-electron chi connectivity index (χ3n) is 4.92. The molecular weight excluding hydrogens is 379 g/mol. The summed E-state index contributed by atoms with van der Waals surface area (Å²) in [6.07, 6.45) is -4.72. The minimum atomic E-state index is -4.72. The van der Waals surface area contributed by atoms with Crippen LogP contribution in [-0.2, 0) is 13.1 Å². The highest BCUT2D eigenvalue weighted by Crippen LogP contribution is 2.32. The average molecular weight is 397 g/mol. The molecule has 0 radical (unpaired) electrons. The minimum Gasteiger partial charge on any atom is -0.406 e. The van der Waals surface area contributed by atoms with Crippen molar-refractivity contribution in [2.24, 2.45) is 0 Å². The van der Waals surface area contributed by atoms with Crippen LogP contribution < -0.4 is 4.74 Å². The highest BCUT2D eigenvalue weighted by molar-refractivity contribution is 6.00. The highest BCUT2D eigenvalue weighted by atomic mass is 19.4. The molecular formula is C23H18F3NO2. The van der Waals surface area contributed by atoms with Gasteiger partial charge < -0.3 is 9.64 Å². The van der Waals surface area contributed by atoms with Gasteiger partial charge in [0.1, 0.15) is 5.75 Å². The topological polar surface area (TPSA) is 29.5 Å². The second kappa shape index (κ2) is 7.28. The van der Waals surface area contributed by atoms with E-state index in [0.717, 1.165) is 27.8 Å². The van der Waals surface area contributed by atoms with E-state index in [1.54, 1.807) is 17.0 Å². The third-order valence-corrected chi connectivity index (χ3v) is 4.92. The normalized spacial score (nSPS) is 13.5. The Morgan fingerprint density at radius 2 is 1.66 bits per heavy atom. The maximum atomic E-state index is 12.9. The van der Waals surface area contributed by atoms with Crippen molar-refractivity contribution in [2.45, 2.75) is 26.4 Å². The fourth-order valence-corrected chi connectivity index (χ4v) is 3.67. The average Bonchev–Trinajstić information content (AvgIpc) is 2.99. The molecule has 3 aromatic rings. The molecule has 3 nitrogen and oxygen atoms in total. The molecule has 4 rings (SSSR count). The first-order valence-electron chi connectivity index (χ1n) is 9.13. The van der Waals surface area contributed by atoms with Gasteiger partial charge in [0, 0.05) is 18.7 Å². The van der Waals surface area contributed by atoms with Gasteiger partial charge in [-0.1, -0.05) is 48.5 Å². The number of rotatable bonds is 4. The Kier molecular flexibility index (Phi) is 4.78. The van der Waals surface area contributed by atoms with Crippen LogP contribution in [-0.4, -0.2) is 17.2 Å². The molecule has 0 aromatic heterocycles. The Hall–Kier alpha value is -3.28. The van der Waals surface area contributed by atoms with Crippen molar-refractivity contribution in [1.82, 2.24) is 4.90 Å². The highest BCUT2D eigenvalue weighted by Gasteiger charge is 2.31. The van der Waals surface area contributed by atoms with Crippen LogP contribution in [0.3, 0.4) is 0 Å². The van der Waals surface area contributed by atoms with Crippen molar-refractivity contribution in [1.29, 1.82) is 0 Å². The van der Waals surface area contributed by atoms with Gasteiger partial charge in [0.05, 0.1) is 0 Å². The quantitative estimate of drug-likeness (QED) is 0.564. The van der Waals surface area contributed by atoms with Crippen molar-refractivity contribution in [3.05, 3.63) is 89.0 Å². The van der Waals surface area contributed by atoms with Crippen molar-refractivity contribution < 1.29 is 22.7 Å². The van der Waals surface area contributed by atoms with E-state index in [4.69, 9.17) is 0 Å². The van der Waals surface area contributed by atoms with Gasteiger partial charge >= 0.3 is 6.36 Å². The molecule has 0 saturated carbocycles. The number of carbonyl (C=O) groups is 1. The molecule has 0 spiro atoms. The second-order valence-corrected chi connectivity index (χ2v) is 7.05. The number of aryl methyl sites for hydroxylation is 1. The maximum Gasteiger partial charge on any atom is 0.573 e. The minimum absolute atomic E-state index is 0.0623. The molecule has 148 valence electrons. The molecule has 6 heteroatoms. The van der Waals surface area contributed by atoms with Crippen LogP contribution >= 0.6 is 0 Å². The predicted octanol–water partition coefficient (Wildman–Crippen LogP) is 5.72. The van der Waals surface area contributed by atoms with Gasteiger partial charge in [-0.3, -0.25) is 4.79 Å². The molecule has 0 atom stereocenters. The SMILES string of the molecule is Cc1cc(-c2ccccc2)cc2c1C(=O)N(Cc1ccc(OC(F)(F)F)cc1)C2. The van der Waals surface area contributed by atoms with Gasteiger partial charge in [-0.2, -0.15) is 0 Å². The zero-order valence-electron chi connectivity index (χ0n) is 15.7. The third kappa shape index (κ3) is 4.11. The van der Waals surface area contributed by atoms with E-state index in [-0.39, 0.29) is 11.7 Å². The van der Waals surface area contributed by atoms with Crippen molar-refractivity contribution in [3.8, 4) is 16.9 Å². The molecule has 1 aliphatic rings. The fourth-order valence-electron chi connectivity index (χ4n) is 3.67. The molecule has 29 heavy (non-hydrogen) atoms. The molecule has 1 heterocycles. The van der Waals surface area contributed by atoms with E-state index >= 15 is 0 Å². The largest absolute Gasteiger partial charge is 0.573 e. The van der Waals surface area contributed by atoms with Crippen LogP contribution in [0.4, 0.5) is 13.2 Å². The van der Waals surface area contributed by atoms with Crippen molar-refractivity contribution >= 4 is 5.91 Å². The lowest BCUT2D eigenvalue weighted by atomic mass is 9.96. The number of hydrogen-bond donors (Lipinski definition) is 0. The fraction of sp³-hybridized carbons (Fsp3) is 0.174. The lowest BCUT2D eigenvalue weighted by Crippen LogP contribution is -2.23. The Morgan fingerprint density at radius 1 is 0.966 bits per heavy atom. The first-order valence-corrected chi connectivity index (χ1v) is 9.13. The number of fused-ring (bicyclic) bond motifs is 1. The summed E-state index contributed by atoms with van der Waals surface area (Å²) >= 11 is 0. The number of carbonyl (C=O) groups excluding carboxylic acids is 1. The molecule has 0 aliphatic carbocycles. The number of ether oxygens (including phenoxy) is 1. The van der Waals surface area contributed by atoms with Crippen LogP contribution in [0.15, 0.2) is 66.7 Å². The molecule has 1 aliphatic heterocycles. The second-order valence-electron chi connectivity index (χ2n) is 7.05. The smallest absolute Gasteiger partial charge is 0.406 e. The number of halogens is 3. The summed E-state index contributed by atoms with van der Waals surface area (Å²) in [6.45, 7) is 2.71. The first-order chi connectivity index (χ1) is 13.8. The summed E-state index contributed by atoms with van der Waals surface area (Å²) in [5, 5.41) is 0. The Labute approximate surface area is 166 Å². The van der Waals surface area contributed by atoms with Crippen LogP contribution in [0.5, 0.6) is 5.75 Å². The van der Waals surface area contributed by atoms with Gasteiger partial charge in [0.25, 0.3) is 5.91 Å². The summed E-state index contributed by atoms with van der Waals surface area (Å²) in [6, 6.07) is 19.6. The number of alkyl halides is 3. The molecule has 1 amide bonds. The van der Waals surface area contributed by atoms with Gasteiger partial charge in [0.15, 0.2) is 0 Å². The molecule has 0 saturated heterocycles. The zero-order valence-corrected chi connectivity index (χ0v) is 15.7. The van der Waals surface area contributed by atoms with Crippen molar-refractivity contribution in [2.75, 3.05) is 0 Å². The monoisotopic (exact) mass is 397 g/mol. The van der Waals surface area contributed by atoms with E-state index < -0.39 is 6.36 Å². The van der Waals surface area contributed by atoms with Crippen LogP contribution in [0.2, 0.25) is 0 Å². The number of amides is 1. The van der Waals surface area contributed by atoms with E-state index in [1.165, 1.54) is 12.1 Å². The Balaban J connectivity index is 1.53. The van der Waals surface area contributed by atoms with E-state index in [2.05, 4.69) is 4.74 Å². The van der Waals surface area contributed by atoms with Crippen molar-refractivity contribution in [3.63, 3.8) is 0 Å².